The van der Waals surface area contributed by atoms with Crippen LogP contribution in [0.3, 0.4) is 0 Å². The molecule has 17 heavy (non-hydrogen) atoms. The van der Waals surface area contributed by atoms with Gasteiger partial charge in [0.05, 0.1) is 0 Å². The van der Waals surface area contributed by atoms with Crippen LogP contribution in [0.5, 0.6) is 0 Å². The molecule has 0 aliphatic rings. The monoisotopic (exact) mass is 258 g/mol. The minimum atomic E-state index is 0.0570. The molecule has 0 fully saturated rings. The van der Waals surface area contributed by atoms with Crippen LogP contribution in [-0.4, -0.2) is 10.2 Å². The molecule has 0 N–H and O–H groups in total. The topological polar surface area (TPSA) is 34.1 Å². The van der Waals surface area contributed by atoms with Crippen molar-refractivity contribution in [1.29, 1.82) is 0 Å². The first-order valence-electron chi connectivity index (χ1n) is 6.94. The maximum Gasteiger partial charge on any atom is 0.196 e. The Morgan fingerprint density at radius 2 is 1.12 bits per heavy atom. The number of hydrogen-bond acceptors (Lipinski definition) is 3. The van der Waals surface area contributed by atoms with Gasteiger partial charge in [-0.1, -0.05) is 52.4 Å². The van der Waals surface area contributed by atoms with E-state index in [1.165, 1.54) is 25.7 Å². The first-order chi connectivity index (χ1) is 8.20. The summed E-state index contributed by atoms with van der Waals surface area (Å²) < 4.78 is 0. The van der Waals surface area contributed by atoms with Gasteiger partial charge in [-0.2, -0.15) is 0 Å². The molecule has 0 aromatic carbocycles. The number of rotatable bonds is 10. The highest BCUT2D eigenvalue weighted by atomic mass is 32.2. The lowest BCUT2D eigenvalue weighted by atomic mass is 10.2. The van der Waals surface area contributed by atoms with Crippen LogP contribution < -0.4 is 0 Å². The lowest BCUT2D eigenvalue weighted by Gasteiger charge is -2.00. The van der Waals surface area contributed by atoms with Crippen LogP contribution in [0, 0.1) is 0 Å². The molecule has 0 radical (unpaired) electrons. The third-order valence-corrected chi connectivity index (χ3v) is 3.56. The molecule has 0 heterocycles. The lowest BCUT2D eigenvalue weighted by molar-refractivity contribution is -0.113. The molecular weight excluding hydrogens is 232 g/mol. The van der Waals surface area contributed by atoms with E-state index in [4.69, 9.17) is 0 Å². The predicted octanol–water partition coefficient (Wildman–Crippen LogP) is 4.71. The lowest BCUT2D eigenvalue weighted by Crippen LogP contribution is -1.99. The van der Waals surface area contributed by atoms with Crippen LogP contribution in [0.15, 0.2) is 0 Å². The van der Waals surface area contributed by atoms with E-state index in [-0.39, 0.29) is 10.2 Å². The highest BCUT2D eigenvalue weighted by Gasteiger charge is 2.09. The molecule has 0 aliphatic heterocycles. The number of carbonyl (C=O) groups excluding carboxylic acids is 2. The fraction of sp³-hybridized carbons (Fsp3) is 0.857. The SMILES string of the molecule is CCCCCCC(=O)SC(=O)CCCCCC. The molecule has 0 aliphatic carbocycles. The molecule has 0 amide bonds. The first kappa shape index (κ1) is 16.7. The Morgan fingerprint density at radius 1 is 0.706 bits per heavy atom. The van der Waals surface area contributed by atoms with E-state index in [1.54, 1.807) is 0 Å². The number of unbranched alkanes of at least 4 members (excludes halogenated alkanes) is 6. The molecule has 0 saturated heterocycles. The Labute approximate surface area is 110 Å². The van der Waals surface area contributed by atoms with Crippen LogP contribution in [0.1, 0.15) is 78.1 Å². The van der Waals surface area contributed by atoms with Gasteiger partial charge in [0.1, 0.15) is 0 Å². The zero-order valence-electron chi connectivity index (χ0n) is 11.3. The summed E-state index contributed by atoms with van der Waals surface area (Å²) in [5.41, 5.74) is 0. The van der Waals surface area contributed by atoms with Gasteiger partial charge in [0.15, 0.2) is 10.2 Å². The zero-order chi connectivity index (χ0) is 12.9. The van der Waals surface area contributed by atoms with Gasteiger partial charge in [-0.15, -0.1) is 0 Å². The molecule has 0 rings (SSSR count). The van der Waals surface area contributed by atoms with Gasteiger partial charge in [0.2, 0.25) is 0 Å². The van der Waals surface area contributed by atoms with Crippen molar-refractivity contribution in [2.45, 2.75) is 78.1 Å². The van der Waals surface area contributed by atoms with Crippen molar-refractivity contribution in [1.82, 2.24) is 0 Å². The van der Waals surface area contributed by atoms with Gasteiger partial charge in [0, 0.05) is 12.8 Å². The van der Waals surface area contributed by atoms with Gasteiger partial charge >= 0.3 is 0 Å². The number of thioether (sulfide) groups is 1. The van der Waals surface area contributed by atoms with E-state index >= 15 is 0 Å². The van der Waals surface area contributed by atoms with Crippen LogP contribution in [0.2, 0.25) is 0 Å². The van der Waals surface area contributed by atoms with E-state index in [0.29, 0.717) is 12.8 Å². The van der Waals surface area contributed by atoms with Crippen molar-refractivity contribution in [3.05, 3.63) is 0 Å². The summed E-state index contributed by atoms with van der Waals surface area (Å²) in [6, 6.07) is 0. The summed E-state index contributed by atoms with van der Waals surface area (Å²) in [7, 11) is 0. The third-order valence-electron chi connectivity index (χ3n) is 2.70. The van der Waals surface area contributed by atoms with Crippen molar-refractivity contribution >= 4 is 22.0 Å². The van der Waals surface area contributed by atoms with E-state index in [2.05, 4.69) is 13.8 Å². The quantitative estimate of drug-likeness (QED) is 0.532. The maximum atomic E-state index is 11.4. The summed E-state index contributed by atoms with van der Waals surface area (Å²) in [5.74, 6) is 0. The molecule has 0 bridgehead atoms. The van der Waals surface area contributed by atoms with Crippen molar-refractivity contribution in [2.24, 2.45) is 0 Å². The van der Waals surface area contributed by atoms with Gasteiger partial charge in [0.25, 0.3) is 0 Å². The first-order valence-corrected chi connectivity index (χ1v) is 7.75. The second-order valence-electron chi connectivity index (χ2n) is 4.47. The fourth-order valence-electron chi connectivity index (χ4n) is 1.62. The van der Waals surface area contributed by atoms with Crippen molar-refractivity contribution in [3.8, 4) is 0 Å². The highest BCUT2D eigenvalue weighted by Crippen LogP contribution is 2.15. The fourth-order valence-corrected chi connectivity index (χ4v) is 2.37. The highest BCUT2D eigenvalue weighted by molar-refractivity contribution is 8.26. The average molecular weight is 258 g/mol. The normalized spacial score (nSPS) is 10.5. The second kappa shape index (κ2) is 12.2. The summed E-state index contributed by atoms with van der Waals surface area (Å²) in [4.78, 5) is 22.9. The Kier molecular flexibility index (Phi) is 11.9. The van der Waals surface area contributed by atoms with E-state index in [9.17, 15) is 9.59 Å². The van der Waals surface area contributed by atoms with Crippen LogP contribution >= 0.6 is 11.8 Å². The van der Waals surface area contributed by atoms with Gasteiger partial charge in [-0.3, -0.25) is 9.59 Å². The van der Waals surface area contributed by atoms with Crippen molar-refractivity contribution < 1.29 is 9.59 Å². The Balaban J connectivity index is 3.42. The second-order valence-corrected chi connectivity index (χ2v) is 5.58. The standard InChI is InChI=1S/C14H26O2S/c1-3-5-7-9-11-13(15)17-14(16)12-10-8-6-4-2/h3-12H2,1-2H3. The van der Waals surface area contributed by atoms with Gasteiger partial charge < -0.3 is 0 Å². The summed E-state index contributed by atoms with van der Waals surface area (Å²) in [6.45, 7) is 4.30. The van der Waals surface area contributed by atoms with Gasteiger partial charge in [-0.05, 0) is 24.6 Å². The molecule has 3 heteroatoms. The smallest absolute Gasteiger partial charge is 0.196 e. The zero-order valence-corrected chi connectivity index (χ0v) is 12.1. The van der Waals surface area contributed by atoms with Crippen molar-refractivity contribution in [3.63, 3.8) is 0 Å². The van der Waals surface area contributed by atoms with Crippen LogP contribution in [-0.2, 0) is 9.59 Å². The van der Waals surface area contributed by atoms with Crippen LogP contribution in [0.4, 0.5) is 0 Å². The van der Waals surface area contributed by atoms with E-state index < -0.39 is 0 Å². The largest absolute Gasteiger partial charge is 0.287 e. The molecule has 100 valence electrons. The molecular formula is C14H26O2S. The molecule has 2 nitrogen and oxygen atoms in total. The third kappa shape index (κ3) is 11.9. The molecule has 0 spiro atoms. The molecule has 0 saturated carbocycles. The average Bonchev–Trinajstić information content (AvgIpc) is 2.30. The minimum absolute atomic E-state index is 0.0570. The minimum Gasteiger partial charge on any atom is -0.287 e. The van der Waals surface area contributed by atoms with Crippen LogP contribution in [0.25, 0.3) is 0 Å². The maximum absolute atomic E-state index is 11.4. The van der Waals surface area contributed by atoms with E-state index in [0.717, 1.165) is 37.4 Å². The molecule has 0 aromatic rings. The Bertz CT molecular complexity index is 192. The molecule has 0 atom stereocenters. The Morgan fingerprint density at radius 3 is 1.47 bits per heavy atom. The molecule has 0 aromatic heterocycles. The number of carbonyl (C=O) groups is 2. The van der Waals surface area contributed by atoms with Crippen molar-refractivity contribution in [2.75, 3.05) is 0 Å². The van der Waals surface area contributed by atoms with E-state index in [1.807, 2.05) is 0 Å². The van der Waals surface area contributed by atoms with Gasteiger partial charge in [-0.25, -0.2) is 0 Å². The molecule has 0 unspecified atom stereocenters. The summed E-state index contributed by atoms with van der Waals surface area (Å²) in [5, 5.41) is 0.114. The number of hydrogen-bond donors (Lipinski definition) is 0. The predicted molar refractivity (Wildman–Crippen MR) is 75.1 cm³/mol. The summed E-state index contributed by atoms with van der Waals surface area (Å²) >= 11 is 0.938. The Hall–Kier alpha value is -0.310. The summed E-state index contributed by atoms with van der Waals surface area (Å²) in [6.07, 6.45) is 9.92.